The molecule has 2 rings (SSSR count). The van der Waals surface area contributed by atoms with Crippen molar-refractivity contribution in [3.05, 3.63) is 46.8 Å². The maximum absolute atomic E-state index is 11.1. The van der Waals surface area contributed by atoms with Crippen LogP contribution >= 0.6 is 0 Å². The molecule has 1 heterocycles. The second-order valence-corrected chi connectivity index (χ2v) is 12.0. The summed E-state index contributed by atoms with van der Waals surface area (Å²) in [5, 5.41) is 15.3. The van der Waals surface area contributed by atoms with Gasteiger partial charge in [0.1, 0.15) is 6.73 Å². The molecule has 118 valence electrons. The number of nitrogens with zero attached hydrogens (tertiary/aromatic N) is 3. The lowest BCUT2D eigenvalue weighted by Gasteiger charge is -2.15. The van der Waals surface area contributed by atoms with Gasteiger partial charge in [-0.2, -0.15) is 5.10 Å². The average Bonchev–Trinajstić information content (AvgIpc) is 2.91. The lowest BCUT2D eigenvalue weighted by molar-refractivity contribution is -0.384. The number of para-hydroxylation sites is 1. The van der Waals surface area contributed by atoms with Crippen LogP contribution in [-0.4, -0.2) is 29.4 Å². The fourth-order valence-corrected chi connectivity index (χ4v) is 2.74. The van der Waals surface area contributed by atoms with Crippen LogP contribution in [0.15, 0.2) is 36.7 Å². The predicted octanol–water partition coefficient (Wildman–Crippen LogP) is 3.77. The van der Waals surface area contributed by atoms with Gasteiger partial charge in [-0.3, -0.25) is 10.1 Å². The lowest BCUT2D eigenvalue weighted by atomic mass is 10.1. The van der Waals surface area contributed by atoms with Crippen LogP contribution in [0.3, 0.4) is 0 Å². The van der Waals surface area contributed by atoms with E-state index in [4.69, 9.17) is 4.74 Å². The molecular weight excluding hydrogens is 298 g/mol. The van der Waals surface area contributed by atoms with Gasteiger partial charge in [0.2, 0.25) is 0 Å². The van der Waals surface area contributed by atoms with E-state index < -0.39 is 8.07 Å². The molecule has 6 nitrogen and oxygen atoms in total. The van der Waals surface area contributed by atoms with Crippen LogP contribution in [0.1, 0.15) is 0 Å². The zero-order valence-corrected chi connectivity index (χ0v) is 14.2. The molecule has 0 bridgehead atoms. The predicted molar refractivity (Wildman–Crippen MR) is 88.4 cm³/mol. The molecule has 0 fully saturated rings. The van der Waals surface area contributed by atoms with Gasteiger partial charge in [-0.15, -0.1) is 0 Å². The molecule has 1 aromatic carbocycles. The van der Waals surface area contributed by atoms with Gasteiger partial charge in [0.05, 0.1) is 16.7 Å². The summed E-state index contributed by atoms with van der Waals surface area (Å²) in [6.45, 7) is 7.99. The van der Waals surface area contributed by atoms with Gasteiger partial charge in [0.15, 0.2) is 0 Å². The highest BCUT2D eigenvalue weighted by atomic mass is 28.3. The van der Waals surface area contributed by atoms with Gasteiger partial charge in [-0.1, -0.05) is 31.8 Å². The summed E-state index contributed by atoms with van der Waals surface area (Å²) in [7, 11) is -1.09. The first kappa shape index (κ1) is 16.4. The Morgan fingerprint density at radius 1 is 1.32 bits per heavy atom. The third-order valence-electron chi connectivity index (χ3n) is 3.26. The molecule has 0 amide bonds. The second kappa shape index (κ2) is 6.84. The van der Waals surface area contributed by atoms with Crippen molar-refractivity contribution >= 4 is 13.8 Å². The van der Waals surface area contributed by atoms with Crippen molar-refractivity contribution in [2.75, 3.05) is 6.61 Å². The third-order valence-corrected chi connectivity index (χ3v) is 4.97. The maximum Gasteiger partial charge on any atom is 0.277 e. The Labute approximate surface area is 130 Å². The normalized spacial score (nSPS) is 11.6. The first-order valence-corrected chi connectivity index (χ1v) is 10.9. The number of ether oxygens (including phenoxy) is 1. The monoisotopic (exact) mass is 319 g/mol. The molecule has 1 aromatic heterocycles. The Morgan fingerprint density at radius 3 is 2.73 bits per heavy atom. The summed E-state index contributed by atoms with van der Waals surface area (Å²) >= 11 is 0. The van der Waals surface area contributed by atoms with E-state index in [-0.39, 0.29) is 10.6 Å². The zero-order chi connectivity index (χ0) is 16.2. The first-order chi connectivity index (χ1) is 10.4. The van der Waals surface area contributed by atoms with Crippen molar-refractivity contribution in [1.29, 1.82) is 0 Å². The third kappa shape index (κ3) is 4.50. The fraction of sp³-hybridized carbons (Fsp3) is 0.400. The Bertz CT molecular complexity index is 649. The van der Waals surface area contributed by atoms with E-state index in [0.29, 0.717) is 12.3 Å². The van der Waals surface area contributed by atoms with Crippen LogP contribution < -0.4 is 0 Å². The minimum Gasteiger partial charge on any atom is -0.360 e. The van der Waals surface area contributed by atoms with Gasteiger partial charge in [-0.05, 0) is 12.1 Å². The fourth-order valence-electron chi connectivity index (χ4n) is 1.99. The number of hydrogen-bond donors (Lipinski definition) is 0. The Hall–Kier alpha value is -1.99. The minimum atomic E-state index is -1.09. The average molecular weight is 319 g/mol. The Balaban J connectivity index is 2.02. The molecule has 0 radical (unpaired) electrons. The summed E-state index contributed by atoms with van der Waals surface area (Å²) in [6, 6.07) is 7.77. The Kier molecular flexibility index (Phi) is 5.10. The summed E-state index contributed by atoms with van der Waals surface area (Å²) in [5.74, 6) is 0. The summed E-state index contributed by atoms with van der Waals surface area (Å²) in [5.41, 5.74) is 1.38. The molecule has 0 unspecified atom stereocenters. The number of hydrogen-bond acceptors (Lipinski definition) is 4. The van der Waals surface area contributed by atoms with E-state index in [9.17, 15) is 10.1 Å². The highest BCUT2D eigenvalue weighted by Gasteiger charge is 2.15. The van der Waals surface area contributed by atoms with E-state index in [1.54, 1.807) is 35.3 Å². The van der Waals surface area contributed by atoms with Crippen LogP contribution in [0.5, 0.6) is 0 Å². The Morgan fingerprint density at radius 2 is 2.05 bits per heavy atom. The van der Waals surface area contributed by atoms with Crippen molar-refractivity contribution in [3.63, 3.8) is 0 Å². The topological polar surface area (TPSA) is 70.2 Å². The number of rotatable bonds is 7. The minimum absolute atomic E-state index is 0.0849. The first-order valence-electron chi connectivity index (χ1n) is 7.21. The summed E-state index contributed by atoms with van der Waals surface area (Å²) < 4.78 is 7.29. The molecule has 0 aliphatic carbocycles. The highest BCUT2D eigenvalue weighted by Crippen LogP contribution is 2.28. The molecule has 22 heavy (non-hydrogen) atoms. The molecule has 0 atom stereocenters. The molecule has 0 aliphatic rings. The molecule has 0 spiro atoms. The number of nitro benzene ring substituents is 1. The van der Waals surface area contributed by atoms with Gasteiger partial charge in [0.25, 0.3) is 5.69 Å². The van der Waals surface area contributed by atoms with Crippen molar-refractivity contribution in [2.24, 2.45) is 0 Å². The standard InChI is InChI=1S/C15H21N3O3Si/c1-22(2,3)9-8-21-12-17-11-13(10-16-17)14-6-4-5-7-15(14)18(19)20/h4-7,10-11H,8-9,12H2,1-3H3. The van der Waals surface area contributed by atoms with Crippen LogP contribution in [-0.2, 0) is 11.5 Å². The van der Waals surface area contributed by atoms with Gasteiger partial charge >= 0.3 is 0 Å². The van der Waals surface area contributed by atoms with Crippen LogP contribution in [0.4, 0.5) is 5.69 Å². The van der Waals surface area contributed by atoms with E-state index in [0.717, 1.165) is 18.2 Å². The number of nitro groups is 1. The molecular formula is C15H21N3O3Si. The smallest absolute Gasteiger partial charge is 0.277 e. The molecule has 2 aromatic rings. The van der Waals surface area contributed by atoms with Gasteiger partial charge in [-0.25, -0.2) is 4.68 Å². The molecule has 0 N–H and O–H groups in total. The highest BCUT2D eigenvalue weighted by molar-refractivity contribution is 6.76. The molecule has 0 aliphatic heterocycles. The second-order valence-electron chi connectivity index (χ2n) is 6.39. The van der Waals surface area contributed by atoms with E-state index >= 15 is 0 Å². The largest absolute Gasteiger partial charge is 0.360 e. The lowest BCUT2D eigenvalue weighted by Crippen LogP contribution is -2.22. The summed E-state index contributed by atoms with van der Waals surface area (Å²) in [6.07, 6.45) is 3.40. The van der Waals surface area contributed by atoms with E-state index in [1.807, 2.05) is 0 Å². The van der Waals surface area contributed by atoms with Crippen molar-refractivity contribution < 1.29 is 9.66 Å². The van der Waals surface area contributed by atoms with Crippen LogP contribution in [0.2, 0.25) is 25.7 Å². The molecule has 7 heteroatoms. The van der Waals surface area contributed by atoms with Crippen molar-refractivity contribution in [3.8, 4) is 11.1 Å². The number of aromatic nitrogens is 2. The quantitative estimate of drug-likeness (QED) is 0.337. The SMILES string of the molecule is C[Si](C)(C)CCOCn1cc(-c2ccccc2[N+](=O)[O-])cn1. The zero-order valence-electron chi connectivity index (χ0n) is 13.2. The maximum atomic E-state index is 11.1. The van der Waals surface area contributed by atoms with E-state index in [1.165, 1.54) is 6.07 Å². The molecule has 0 saturated carbocycles. The van der Waals surface area contributed by atoms with Gasteiger partial charge < -0.3 is 4.74 Å². The van der Waals surface area contributed by atoms with Gasteiger partial charge in [0, 0.05) is 32.5 Å². The molecule has 0 saturated heterocycles. The number of benzene rings is 1. The van der Waals surface area contributed by atoms with Crippen LogP contribution in [0, 0.1) is 10.1 Å². The van der Waals surface area contributed by atoms with Crippen LogP contribution in [0.25, 0.3) is 11.1 Å². The van der Waals surface area contributed by atoms with Crippen molar-refractivity contribution in [1.82, 2.24) is 9.78 Å². The van der Waals surface area contributed by atoms with E-state index in [2.05, 4.69) is 24.7 Å². The summed E-state index contributed by atoms with van der Waals surface area (Å²) in [4.78, 5) is 10.7. The van der Waals surface area contributed by atoms with Crippen molar-refractivity contribution in [2.45, 2.75) is 32.4 Å².